The summed E-state index contributed by atoms with van der Waals surface area (Å²) in [5.74, 6) is 0.0947. The molecule has 0 radical (unpaired) electrons. The Morgan fingerprint density at radius 3 is 2.71 bits per heavy atom. The van der Waals surface area contributed by atoms with Crippen molar-refractivity contribution in [3.8, 4) is 0 Å². The summed E-state index contributed by atoms with van der Waals surface area (Å²) in [6.07, 6.45) is 2.31. The van der Waals surface area contributed by atoms with E-state index in [2.05, 4.69) is 23.1 Å². The van der Waals surface area contributed by atoms with Crippen molar-refractivity contribution < 1.29 is 4.79 Å². The first-order valence-electron chi connectivity index (χ1n) is 8.61. The lowest BCUT2D eigenvalue weighted by molar-refractivity contribution is 0.0986. The van der Waals surface area contributed by atoms with E-state index in [4.69, 9.17) is 0 Å². The number of hydrogen-bond donors (Lipinski definition) is 0. The van der Waals surface area contributed by atoms with Gasteiger partial charge in [0.05, 0.1) is 11.4 Å². The van der Waals surface area contributed by atoms with Crippen molar-refractivity contribution in [1.82, 2.24) is 0 Å². The number of amides is 1. The summed E-state index contributed by atoms with van der Waals surface area (Å²) < 4.78 is 0. The average Bonchev–Trinajstić information content (AvgIpc) is 2.62. The van der Waals surface area contributed by atoms with Crippen LogP contribution in [0.1, 0.15) is 22.3 Å². The molecule has 0 bridgehead atoms. The number of carbonyl (C=O) groups is 1. The SMILES string of the molecule is CN(C)c1cccc(C(=O)N2CCN3CCCc4cccc2c43)c1. The van der Waals surface area contributed by atoms with E-state index < -0.39 is 0 Å². The van der Waals surface area contributed by atoms with Gasteiger partial charge in [0.25, 0.3) is 5.91 Å². The van der Waals surface area contributed by atoms with Gasteiger partial charge in [0.1, 0.15) is 0 Å². The largest absolute Gasteiger partial charge is 0.378 e. The zero-order valence-corrected chi connectivity index (χ0v) is 14.3. The van der Waals surface area contributed by atoms with Gasteiger partial charge in [-0.25, -0.2) is 0 Å². The molecule has 0 fully saturated rings. The Hall–Kier alpha value is -2.49. The Morgan fingerprint density at radius 2 is 1.88 bits per heavy atom. The van der Waals surface area contributed by atoms with Crippen LogP contribution in [0.4, 0.5) is 17.1 Å². The molecule has 2 aliphatic rings. The highest BCUT2D eigenvalue weighted by molar-refractivity contribution is 6.09. The van der Waals surface area contributed by atoms with Gasteiger partial charge in [-0.05, 0) is 42.7 Å². The van der Waals surface area contributed by atoms with E-state index >= 15 is 0 Å². The van der Waals surface area contributed by atoms with Gasteiger partial charge in [-0.2, -0.15) is 0 Å². The van der Waals surface area contributed by atoms with Crippen LogP contribution in [0.3, 0.4) is 0 Å². The monoisotopic (exact) mass is 321 g/mol. The fraction of sp³-hybridized carbons (Fsp3) is 0.350. The topological polar surface area (TPSA) is 26.8 Å². The van der Waals surface area contributed by atoms with Crippen LogP contribution in [0.2, 0.25) is 0 Å². The molecule has 4 heteroatoms. The fourth-order valence-corrected chi connectivity index (χ4v) is 3.78. The lowest BCUT2D eigenvalue weighted by Crippen LogP contribution is -2.46. The highest BCUT2D eigenvalue weighted by Crippen LogP contribution is 2.39. The minimum absolute atomic E-state index is 0.0947. The first-order chi connectivity index (χ1) is 11.6. The second kappa shape index (κ2) is 5.86. The quantitative estimate of drug-likeness (QED) is 0.850. The number of nitrogens with zero attached hydrogens (tertiary/aromatic N) is 3. The molecule has 2 aromatic carbocycles. The van der Waals surface area contributed by atoms with Crippen molar-refractivity contribution in [2.45, 2.75) is 12.8 Å². The lowest BCUT2D eigenvalue weighted by Gasteiger charge is -2.41. The Kier molecular flexibility index (Phi) is 3.68. The van der Waals surface area contributed by atoms with Crippen molar-refractivity contribution in [2.24, 2.45) is 0 Å². The standard InChI is InChI=1S/C20H23N3O/c1-21(2)17-9-3-7-16(14-17)20(24)23-13-12-22-11-5-8-15-6-4-10-18(23)19(15)22/h3-4,6-7,9-10,14H,5,8,11-13H2,1-2H3. The molecule has 1 amide bonds. The van der Waals surface area contributed by atoms with Gasteiger partial charge < -0.3 is 14.7 Å². The Bertz CT molecular complexity index is 784. The van der Waals surface area contributed by atoms with E-state index in [1.807, 2.05) is 48.2 Å². The molecule has 0 spiro atoms. The summed E-state index contributed by atoms with van der Waals surface area (Å²) in [5, 5.41) is 0. The molecule has 4 rings (SSSR count). The molecule has 0 aliphatic carbocycles. The van der Waals surface area contributed by atoms with E-state index in [0.29, 0.717) is 0 Å². The van der Waals surface area contributed by atoms with E-state index in [1.54, 1.807) is 0 Å². The number of para-hydroxylation sites is 1. The van der Waals surface area contributed by atoms with Crippen LogP contribution in [-0.2, 0) is 6.42 Å². The highest BCUT2D eigenvalue weighted by atomic mass is 16.2. The van der Waals surface area contributed by atoms with Crippen molar-refractivity contribution in [1.29, 1.82) is 0 Å². The smallest absolute Gasteiger partial charge is 0.258 e. The fourth-order valence-electron chi connectivity index (χ4n) is 3.78. The molecular formula is C20H23N3O. The molecular weight excluding hydrogens is 298 g/mol. The van der Waals surface area contributed by atoms with E-state index in [1.165, 1.54) is 17.7 Å². The van der Waals surface area contributed by atoms with Gasteiger partial charge in [-0.1, -0.05) is 18.2 Å². The third kappa shape index (κ3) is 2.42. The highest BCUT2D eigenvalue weighted by Gasteiger charge is 2.30. The number of benzene rings is 2. The molecule has 0 aromatic heterocycles. The molecule has 0 saturated carbocycles. The van der Waals surface area contributed by atoms with Crippen LogP contribution < -0.4 is 14.7 Å². The zero-order valence-electron chi connectivity index (χ0n) is 14.3. The van der Waals surface area contributed by atoms with Gasteiger partial charge in [-0.15, -0.1) is 0 Å². The zero-order chi connectivity index (χ0) is 16.7. The summed E-state index contributed by atoms with van der Waals surface area (Å²) in [7, 11) is 3.99. The summed E-state index contributed by atoms with van der Waals surface area (Å²) in [5.41, 5.74) is 5.52. The summed E-state index contributed by atoms with van der Waals surface area (Å²) in [4.78, 5) is 19.6. The van der Waals surface area contributed by atoms with Gasteiger partial charge >= 0.3 is 0 Å². The molecule has 2 aromatic rings. The lowest BCUT2D eigenvalue weighted by atomic mass is 9.97. The number of rotatable bonds is 2. The molecule has 24 heavy (non-hydrogen) atoms. The van der Waals surface area contributed by atoms with Gasteiger partial charge in [0.2, 0.25) is 0 Å². The molecule has 0 unspecified atom stereocenters. The minimum Gasteiger partial charge on any atom is -0.378 e. The van der Waals surface area contributed by atoms with Gasteiger partial charge in [0.15, 0.2) is 0 Å². The van der Waals surface area contributed by atoms with Crippen LogP contribution >= 0.6 is 0 Å². The second-order valence-electron chi connectivity index (χ2n) is 6.78. The van der Waals surface area contributed by atoms with Crippen LogP contribution in [0.25, 0.3) is 0 Å². The van der Waals surface area contributed by atoms with Crippen LogP contribution in [0.5, 0.6) is 0 Å². The molecule has 2 heterocycles. The average molecular weight is 321 g/mol. The Labute approximate surface area is 143 Å². The van der Waals surface area contributed by atoms with Gasteiger partial charge in [0, 0.05) is 45.0 Å². The summed E-state index contributed by atoms with van der Waals surface area (Å²) in [6.45, 7) is 2.77. The number of anilines is 3. The number of hydrogen-bond acceptors (Lipinski definition) is 3. The van der Waals surface area contributed by atoms with Crippen molar-refractivity contribution in [3.63, 3.8) is 0 Å². The Balaban J connectivity index is 1.73. The van der Waals surface area contributed by atoms with Crippen LogP contribution in [0.15, 0.2) is 42.5 Å². The second-order valence-corrected chi connectivity index (χ2v) is 6.78. The molecule has 0 saturated heterocycles. The maximum absolute atomic E-state index is 13.2. The number of carbonyl (C=O) groups excluding carboxylic acids is 1. The van der Waals surface area contributed by atoms with E-state index in [9.17, 15) is 4.79 Å². The maximum Gasteiger partial charge on any atom is 0.258 e. The van der Waals surface area contributed by atoms with Crippen molar-refractivity contribution in [2.75, 3.05) is 48.4 Å². The van der Waals surface area contributed by atoms with E-state index in [0.717, 1.165) is 43.0 Å². The molecule has 124 valence electrons. The van der Waals surface area contributed by atoms with Crippen LogP contribution in [-0.4, -0.2) is 39.6 Å². The predicted octanol–water partition coefficient (Wildman–Crippen LogP) is 3.17. The summed E-state index contributed by atoms with van der Waals surface area (Å²) in [6, 6.07) is 14.2. The summed E-state index contributed by atoms with van der Waals surface area (Å²) >= 11 is 0. The maximum atomic E-state index is 13.2. The normalized spacial score (nSPS) is 15.9. The molecule has 0 N–H and O–H groups in total. The molecule has 0 atom stereocenters. The van der Waals surface area contributed by atoms with Crippen molar-refractivity contribution >= 4 is 23.0 Å². The van der Waals surface area contributed by atoms with Gasteiger partial charge in [-0.3, -0.25) is 4.79 Å². The molecule has 4 nitrogen and oxygen atoms in total. The third-order valence-electron chi connectivity index (χ3n) is 5.03. The third-order valence-corrected chi connectivity index (χ3v) is 5.03. The Morgan fingerprint density at radius 1 is 1.04 bits per heavy atom. The van der Waals surface area contributed by atoms with Crippen LogP contribution in [0, 0.1) is 0 Å². The number of aryl methyl sites for hydroxylation is 1. The first kappa shape index (κ1) is 15.1. The predicted molar refractivity (Wildman–Crippen MR) is 99.4 cm³/mol. The van der Waals surface area contributed by atoms with Crippen molar-refractivity contribution in [3.05, 3.63) is 53.6 Å². The first-order valence-corrected chi connectivity index (χ1v) is 8.61. The van der Waals surface area contributed by atoms with E-state index in [-0.39, 0.29) is 5.91 Å². The minimum atomic E-state index is 0.0947. The molecule has 2 aliphatic heterocycles.